The van der Waals surface area contributed by atoms with Crippen molar-refractivity contribution in [2.75, 3.05) is 37.0 Å². The molecular weight excluding hydrogens is 418 g/mol. The van der Waals surface area contributed by atoms with Crippen molar-refractivity contribution in [3.8, 4) is 6.07 Å². The Balaban J connectivity index is 1.65. The molecule has 2 aliphatic heterocycles. The molecule has 3 heterocycles. The number of nitriles is 1. The van der Waals surface area contributed by atoms with E-state index < -0.39 is 0 Å². The Morgan fingerprint density at radius 3 is 2.80 bits per heavy atom. The van der Waals surface area contributed by atoms with Gasteiger partial charge in [0, 0.05) is 35.8 Å². The molecule has 0 amide bonds. The summed E-state index contributed by atoms with van der Waals surface area (Å²) in [6.45, 7) is 7.66. The van der Waals surface area contributed by atoms with Crippen LogP contribution in [-0.4, -0.2) is 42.6 Å². The molecule has 7 heteroatoms. The lowest BCUT2D eigenvalue weighted by Gasteiger charge is -2.36. The minimum atomic E-state index is -0.287. The monoisotopic (exact) mass is 443 g/mol. The summed E-state index contributed by atoms with van der Waals surface area (Å²) in [4.78, 5) is 7.25. The van der Waals surface area contributed by atoms with E-state index in [2.05, 4.69) is 30.9 Å². The minimum absolute atomic E-state index is 0.287. The summed E-state index contributed by atoms with van der Waals surface area (Å²) in [6.07, 6.45) is 1.59. The van der Waals surface area contributed by atoms with E-state index in [1.165, 1.54) is 5.56 Å². The molecule has 0 N–H and O–H groups in total. The number of hydrogen-bond acceptors (Lipinski definition) is 6. The van der Waals surface area contributed by atoms with Crippen molar-refractivity contribution in [3.05, 3.63) is 51.5 Å². The summed E-state index contributed by atoms with van der Waals surface area (Å²) in [5.74, 6) is 1.79. The molecule has 2 aromatic rings. The van der Waals surface area contributed by atoms with Gasteiger partial charge in [0.25, 0.3) is 0 Å². The lowest BCUT2D eigenvalue weighted by molar-refractivity contribution is -0.0402. The summed E-state index contributed by atoms with van der Waals surface area (Å²) in [5, 5.41) is 11.6. The zero-order valence-corrected chi connectivity index (χ0v) is 19.0. The van der Waals surface area contributed by atoms with Crippen LogP contribution < -0.4 is 4.90 Å². The number of aromatic nitrogens is 1. The summed E-state index contributed by atoms with van der Waals surface area (Å²) in [6, 6.07) is 10.4. The highest BCUT2D eigenvalue weighted by Gasteiger charge is 2.33. The fourth-order valence-corrected chi connectivity index (χ4v) is 5.15. The zero-order chi connectivity index (χ0) is 21.1. The largest absolute Gasteiger partial charge is 0.378 e. The summed E-state index contributed by atoms with van der Waals surface area (Å²) >= 11 is 7.76. The average Bonchev–Trinajstić information content (AvgIpc) is 2.73. The maximum atomic E-state index is 10.0. The number of halogens is 1. The van der Waals surface area contributed by atoms with Gasteiger partial charge in [0.05, 0.1) is 31.0 Å². The van der Waals surface area contributed by atoms with E-state index >= 15 is 0 Å². The molecule has 4 rings (SSSR count). The Hall–Kier alpha value is -1.78. The Morgan fingerprint density at radius 1 is 1.27 bits per heavy atom. The van der Waals surface area contributed by atoms with Crippen LogP contribution in [0.5, 0.6) is 0 Å². The van der Waals surface area contributed by atoms with Gasteiger partial charge in [0.15, 0.2) is 0 Å². The highest BCUT2D eigenvalue weighted by atomic mass is 35.5. The molecule has 0 atom stereocenters. The zero-order valence-electron chi connectivity index (χ0n) is 17.4. The Kier molecular flexibility index (Phi) is 6.54. The summed E-state index contributed by atoms with van der Waals surface area (Å²) in [7, 11) is 0. The van der Waals surface area contributed by atoms with E-state index in [0.717, 1.165) is 52.3 Å². The fourth-order valence-electron chi connectivity index (χ4n) is 3.94. The van der Waals surface area contributed by atoms with Crippen LogP contribution in [0.1, 0.15) is 36.1 Å². The van der Waals surface area contributed by atoms with Gasteiger partial charge in [-0.05, 0) is 43.5 Å². The fraction of sp³-hybridized carbons (Fsp3) is 0.478. The van der Waals surface area contributed by atoms with Crippen molar-refractivity contribution in [1.82, 2.24) is 4.98 Å². The van der Waals surface area contributed by atoms with E-state index in [1.54, 1.807) is 11.8 Å². The van der Waals surface area contributed by atoms with Gasteiger partial charge in [-0.1, -0.05) is 23.7 Å². The molecule has 0 bridgehead atoms. The van der Waals surface area contributed by atoms with E-state index in [1.807, 2.05) is 18.2 Å². The molecule has 1 saturated heterocycles. The Morgan fingerprint density at radius 2 is 2.07 bits per heavy atom. The van der Waals surface area contributed by atoms with E-state index in [4.69, 9.17) is 26.1 Å². The van der Waals surface area contributed by atoms with Gasteiger partial charge in [-0.15, -0.1) is 11.8 Å². The predicted molar refractivity (Wildman–Crippen MR) is 120 cm³/mol. The number of anilines is 1. The van der Waals surface area contributed by atoms with Gasteiger partial charge in [-0.25, -0.2) is 4.98 Å². The third kappa shape index (κ3) is 4.76. The van der Waals surface area contributed by atoms with Gasteiger partial charge in [0.1, 0.15) is 16.9 Å². The third-order valence-corrected chi connectivity index (χ3v) is 6.72. The lowest BCUT2D eigenvalue weighted by atomic mass is 9.89. The number of morpholine rings is 1. The summed E-state index contributed by atoms with van der Waals surface area (Å²) < 4.78 is 11.6. The van der Waals surface area contributed by atoms with Crippen molar-refractivity contribution in [2.24, 2.45) is 0 Å². The molecule has 0 aliphatic carbocycles. The van der Waals surface area contributed by atoms with Crippen LogP contribution in [-0.2, 0) is 28.9 Å². The molecule has 0 spiro atoms. The highest BCUT2D eigenvalue weighted by Crippen LogP contribution is 2.38. The molecule has 30 heavy (non-hydrogen) atoms. The molecule has 0 saturated carbocycles. The van der Waals surface area contributed by atoms with E-state index in [0.29, 0.717) is 31.8 Å². The first-order valence-corrected chi connectivity index (χ1v) is 11.6. The van der Waals surface area contributed by atoms with Crippen LogP contribution in [0, 0.1) is 11.3 Å². The number of aryl methyl sites for hydroxylation is 1. The Labute approximate surface area is 187 Å². The van der Waals surface area contributed by atoms with Gasteiger partial charge in [-0.2, -0.15) is 5.26 Å². The maximum Gasteiger partial charge on any atom is 0.135 e. The maximum absolute atomic E-state index is 10.0. The third-order valence-electron chi connectivity index (χ3n) is 5.51. The van der Waals surface area contributed by atoms with Crippen molar-refractivity contribution in [1.29, 1.82) is 5.26 Å². The molecular formula is C23H26ClN3O2S. The molecule has 1 fully saturated rings. The van der Waals surface area contributed by atoms with Gasteiger partial charge >= 0.3 is 0 Å². The summed E-state index contributed by atoms with van der Waals surface area (Å²) in [5.41, 5.74) is 3.76. The number of nitrogens with zero attached hydrogens (tertiary/aromatic N) is 3. The second-order valence-corrected chi connectivity index (χ2v) is 9.76. The minimum Gasteiger partial charge on any atom is -0.378 e. The topological polar surface area (TPSA) is 58.4 Å². The molecule has 1 aromatic carbocycles. The Bertz CT molecular complexity index is 968. The van der Waals surface area contributed by atoms with Gasteiger partial charge < -0.3 is 14.4 Å². The van der Waals surface area contributed by atoms with Crippen LogP contribution in [0.15, 0.2) is 29.3 Å². The second kappa shape index (κ2) is 9.15. The normalized spacial score (nSPS) is 18.0. The van der Waals surface area contributed by atoms with Crippen LogP contribution in [0.25, 0.3) is 0 Å². The molecule has 158 valence electrons. The van der Waals surface area contributed by atoms with Crippen molar-refractivity contribution < 1.29 is 9.47 Å². The van der Waals surface area contributed by atoms with Crippen LogP contribution in [0.2, 0.25) is 5.02 Å². The standard InChI is InChI=1S/C23H26ClN3O2S/c1-23(2)13-18-19(14-25)22(30-11-6-16-4-3-5-17(24)12-16)26-21(20(18)15-29-23)27-7-9-28-10-8-27/h3-5,12H,6-11,13,15H2,1-2H3. The first-order valence-electron chi connectivity index (χ1n) is 10.3. The first-order chi connectivity index (χ1) is 14.5. The highest BCUT2D eigenvalue weighted by molar-refractivity contribution is 7.99. The lowest BCUT2D eigenvalue weighted by Crippen LogP contribution is -2.39. The number of thioether (sulfide) groups is 1. The average molecular weight is 444 g/mol. The van der Waals surface area contributed by atoms with Gasteiger partial charge in [-0.3, -0.25) is 0 Å². The van der Waals surface area contributed by atoms with Gasteiger partial charge in [0.2, 0.25) is 0 Å². The van der Waals surface area contributed by atoms with Crippen molar-refractivity contribution in [2.45, 2.75) is 43.9 Å². The number of benzene rings is 1. The number of hydrogen-bond donors (Lipinski definition) is 0. The van der Waals surface area contributed by atoms with E-state index in [-0.39, 0.29) is 5.60 Å². The van der Waals surface area contributed by atoms with Crippen LogP contribution in [0.3, 0.4) is 0 Å². The SMILES string of the molecule is CC1(C)Cc2c(C#N)c(SCCc3cccc(Cl)c3)nc(N3CCOCC3)c2CO1. The van der Waals surface area contributed by atoms with Crippen LogP contribution in [0.4, 0.5) is 5.82 Å². The predicted octanol–water partition coefficient (Wildman–Crippen LogP) is 4.63. The molecule has 0 radical (unpaired) electrons. The second-order valence-electron chi connectivity index (χ2n) is 8.24. The quantitative estimate of drug-likeness (QED) is 0.628. The van der Waals surface area contributed by atoms with Crippen LogP contribution >= 0.6 is 23.4 Å². The number of pyridine rings is 1. The first kappa shape index (κ1) is 21.5. The number of rotatable bonds is 5. The molecule has 2 aliphatic rings. The van der Waals surface area contributed by atoms with E-state index in [9.17, 15) is 5.26 Å². The molecule has 1 aromatic heterocycles. The van der Waals surface area contributed by atoms with Crippen molar-refractivity contribution in [3.63, 3.8) is 0 Å². The number of fused-ring (bicyclic) bond motifs is 1. The molecule has 0 unspecified atom stereocenters. The number of ether oxygens (including phenoxy) is 2. The smallest absolute Gasteiger partial charge is 0.135 e. The van der Waals surface area contributed by atoms with Crippen molar-refractivity contribution >= 4 is 29.2 Å². The molecule has 5 nitrogen and oxygen atoms in total.